The Morgan fingerprint density at radius 1 is 1.28 bits per heavy atom. The van der Waals surface area contributed by atoms with Crippen molar-refractivity contribution in [3.63, 3.8) is 0 Å². The van der Waals surface area contributed by atoms with Gasteiger partial charge in [-0.3, -0.25) is 0 Å². The van der Waals surface area contributed by atoms with Crippen molar-refractivity contribution in [2.24, 2.45) is 11.3 Å². The largest absolute Gasteiger partial charge is 0.314 e. The molecule has 0 aromatic rings. The van der Waals surface area contributed by atoms with Crippen LogP contribution in [0.25, 0.3) is 0 Å². The Hall–Kier alpha value is -0.0800. The lowest BCUT2D eigenvalue weighted by Gasteiger charge is -2.42. The van der Waals surface area contributed by atoms with E-state index in [-0.39, 0.29) is 0 Å². The Morgan fingerprint density at radius 2 is 2.00 bits per heavy atom. The number of nitrogens with zero attached hydrogens (tertiary/aromatic N) is 1. The molecule has 1 fully saturated rings. The Morgan fingerprint density at radius 3 is 2.61 bits per heavy atom. The first kappa shape index (κ1) is 16.0. The van der Waals surface area contributed by atoms with Crippen LogP contribution in [0.3, 0.4) is 0 Å². The molecule has 0 radical (unpaired) electrons. The van der Waals surface area contributed by atoms with Crippen molar-refractivity contribution in [3.05, 3.63) is 0 Å². The van der Waals surface area contributed by atoms with Crippen molar-refractivity contribution in [1.82, 2.24) is 10.2 Å². The Kier molecular flexibility index (Phi) is 6.65. The van der Waals surface area contributed by atoms with Crippen LogP contribution >= 0.6 is 0 Å². The summed E-state index contributed by atoms with van der Waals surface area (Å²) < 4.78 is 0. The summed E-state index contributed by atoms with van der Waals surface area (Å²) in [6.45, 7) is 13.0. The summed E-state index contributed by atoms with van der Waals surface area (Å²) in [6, 6.07) is 0.743. The molecular weight excluding hydrogens is 220 g/mol. The SMILES string of the molecule is CCCCN(C)CC1CC(C)(C)CCC1NCC. The van der Waals surface area contributed by atoms with E-state index in [9.17, 15) is 0 Å². The van der Waals surface area contributed by atoms with E-state index in [1.807, 2.05) is 0 Å². The maximum atomic E-state index is 3.71. The molecule has 2 nitrogen and oxygen atoms in total. The third-order valence-corrected chi connectivity index (χ3v) is 4.42. The summed E-state index contributed by atoms with van der Waals surface area (Å²) in [4.78, 5) is 2.54. The molecule has 0 heterocycles. The van der Waals surface area contributed by atoms with Crippen molar-refractivity contribution < 1.29 is 0 Å². The minimum atomic E-state index is 0.544. The summed E-state index contributed by atoms with van der Waals surface area (Å²) in [7, 11) is 2.29. The van der Waals surface area contributed by atoms with Crippen LogP contribution in [-0.2, 0) is 0 Å². The van der Waals surface area contributed by atoms with Crippen LogP contribution < -0.4 is 5.32 Å². The first-order valence-corrected chi connectivity index (χ1v) is 7.90. The summed E-state index contributed by atoms with van der Waals surface area (Å²) in [6.07, 6.45) is 6.74. The smallest absolute Gasteiger partial charge is 0.0108 e. The normalized spacial score (nSPS) is 27.7. The van der Waals surface area contributed by atoms with Crippen LogP contribution in [0.5, 0.6) is 0 Å². The van der Waals surface area contributed by atoms with E-state index in [0.717, 1.165) is 18.5 Å². The number of unbranched alkanes of at least 4 members (excludes halogenated alkanes) is 1. The van der Waals surface area contributed by atoms with Gasteiger partial charge in [-0.15, -0.1) is 0 Å². The molecule has 108 valence electrons. The standard InChI is InChI=1S/C16H34N2/c1-6-8-11-18(5)13-14-12-16(3,4)10-9-15(14)17-7-2/h14-15,17H,6-13H2,1-5H3. The number of hydrogen-bond donors (Lipinski definition) is 1. The topological polar surface area (TPSA) is 15.3 Å². The molecule has 0 aromatic heterocycles. The molecule has 0 spiro atoms. The zero-order chi connectivity index (χ0) is 13.6. The van der Waals surface area contributed by atoms with Gasteiger partial charge in [0.15, 0.2) is 0 Å². The number of nitrogens with one attached hydrogen (secondary N) is 1. The van der Waals surface area contributed by atoms with E-state index in [4.69, 9.17) is 0 Å². The predicted molar refractivity (Wildman–Crippen MR) is 81.0 cm³/mol. The Balaban J connectivity index is 2.50. The molecule has 2 atom stereocenters. The van der Waals surface area contributed by atoms with Gasteiger partial charge in [0, 0.05) is 12.6 Å². The van der Waals surface area contributed by atoms with Crippen molar-refractivity contribution >= 4 is 0 Å². The molecule has 1 saturated carbocycles. The van der Waals surface area contributed by atoms with Gasteiger partial charge >= 0.3 is 0 Å². The van der Waals surface area contributed by atoms with Gasteiger partial charge < -0.3 is 10.2 Å². The van der Waals surface area contributed by atoms with Gasteiger partial charge in [-0.05, 0) is 57.2 Å². The highest BCUT2D eigenvalue weighted by atomic mass is 15.1. The Bertz CT molecular complexity index is 225. The summed E-state index contributed by atoms with van der Waals surface area (Å²) in [5.41, 5.74) is 0.544. The van der Waals surface area contributed by atoms with E-state index in [2.05, 4.69) is 45.0 Å². The van der Waals surface area contributed by atoms with Gasteiger partial charge in [-0.2, -0.15) is 0 Å². The van der Waals surface area contributed by atoms with E-state index in [1.165, 1.54) is 45.2 Å². The molecule has 2 unspecified atom stereocenters. The fourth-order valence-electron chi connectivity index (χ4n) is 3.38. The van der Waals surface area contributed by atoms with E-state index < -0.39 is 0 Å². The molecule has 0 aromatic carbocycles. The van der Waals surface area contributed by atoms with E-state index in [0.29, 0.717) is 5.41 Å². The van der Waals surface area contributed by atoms with Gasteiger partial charge in [-0.1, -0.05) is 34.1 Å². The van der Waals surface area contributed by atoms with Crippen molar-refractivity contribution in [3.8, 4) is 0 Å². The van der Waals surface area contributed by atoms with Gasteiger partial charge in [0.1, 0.15) is 0 Å². The maximum absolute atomic E-state index is 3.71. The maximum Gasteiger partial charge on any atom is 0.0108 e. The minimum absolute atomic E-state index is 0.544. The minimum Gasteiger partial charge on any atom is -0.314 e. The Labute approximate surface area is 115 Å². The zero-order valence-electron chi connectivity index (χ0n) is 13.3. The van der Waals surface area contributed by atoms with Crippen LogP contribution in [-0.4, -0.2) is 37.6 Å². The first-order chi connectivity index (χ1) is 8.48. The molecule has 1 rings (SSSR count). The van der Waals surface area contributed by atoms with Gasteiger partial charge in [0.2, 0.25) is 0 Å². The third kappa shape index (κ3) is 5.27. The quantitative estimate of drug-likeness (QED) is 0.748. The van der Waals surface area contributed by atoms with Crippen LogP contribution in [0, 0.1) is 11.3 Å². The van der Waals surface area contributed by atoms with Gasteiger partial charge in [0.25, 0.3) is 0 Å². The summed E-state index contributed by atoms with van der Waals surface area (Å²) >= 11 is 0. The van der Waals surface area contributed by atoms with Crippen LogP contribution in [0.4, 0.5) is 0 Å². The van der Waals surface area contributed by atoms with Crippen molar-refractivity contribution in [2.45, 2.75) is 65.8 Å². The molecular formula is C16H34N2. The van der Waals surface area contributed by atoms with Crippen molar-refractivity contribution in [2.75, 3.05) is 26.7 Å². The molecule has 1 aliphatic carbocycles. The second-order valence-corrected chi connectivity index (χ2v) is 6.95. The first-order valence-electron chi connectivity index (χ1n) is 7.90. The molecule has 1 N–H and O–H groups in total. The lowest BCUT2D eigenvalue weighted by atomic mass is 9.69. The predicted octanol–water partition coefficient (Wildman–Crippen LogP) is 3.52. The third-order valence-electron chi connectivity index (χ3n) is 4.42. The number of rotatable bonds is 7. The molecule has 0 amide bonds. The lowest BCUT2D eigenvalue weighted by Crippen LogP contribution is -2.47. The molecule has 0 aliphatic heterocycles. The number of hydrogen-bond acceptors (Lipinski definition) is 2. The van der Waals surface area contributed by atoms with Gasteiger partial charge in [-0.25, -0.2) is 0 Å². The molecule has 2 heteroatoms. The summed E-state index contributed by atoms with van der Waals surface area (Å²) in [5, 5.41) is 3.71. The lowest BCUT2D eigenvalue weighted by molar-refractivity contribution is 0.109. The average molecular weight is 254 g/mol. The fraction of sp³-hybridized carbons (Fsp3) is 1.00. The molecule has 1 aliphatic rings. The van der Waals surface area contributed by atoms with Crippen LogP contribution in [0.2, 0.25) is 0 Å². The molecule has 0 bridgehead atoms. The highest BCUT2D eigenvalue weighted by Crippen LogP contribution is 2.38. The average Bonchev–Trinajstić information content (AvgIpc) is 2.29. The fourth-order valence-corrected chi connectivity index (χ4v) is 3.38. The molecule has 18 heavy (non-hydrogen) atoms. The monoisotopic (exact) mass is 254 g/mol. The molecule has 0 saturated heterocycles. The highest BCUT2D eigenvalue weighted by molar-refractivity contribution is 4.89. The van der Waals surface area contributed by atoms with Crippen LogP contribution in [0.1, 0.15) is 59.8 Å². The summed E-state index contributed by atoms with van der Waals surface area (Å²) in [5.74, 6) is 0.829. The second-order valence-electron chi connectivity index (χ2n) is 6.95. The van der Waals surface area contributed by atoms with Gasteiger partial charge in [0.05, 0.1) is 0 Å². The van der Waals surface area contributed by atoms with Crippen LogP contribution in [0.15, 0.2) is 0 Å². The van der Waals surface area contributed by atoms with E-state index in [1.54, 1.807) is 0 Å². The van der Waals surface area contributed by atoms with Crippen molar-refractivity contribution in [1.29, 1.82) is 0 Å². The second kappa shape index (κ2) is 7.49. The highest BCUT2D eigenvalue weighted by Gasteiger charge is 2.34. The van der Waals surface area contributed by atoms with E-state index >= 15 is 0 Å². The zero-order valence-corrected chi connectivity index (χ0v) is 13.3.